The molecule has 0 aliphatic heterocycles. The van der Waals surface area contributed by atoms with Gasteiger partial charge in [0.2, 0.25) is 5.01 Å². The van der Waals surface area contributed by atoms with Gasteiger partial charge in [-0.25, -0.2) is 0 Å². The third-order valence-corrected chi connectivity index (χ3v) is 4.41. The lowest BCUT2D eigenvalue weighted by atomic mass is 10.2. The molecule has 1 aromatic carbocycles. The zero-order valence-electron chi connectivity index (χ0n) is 14.5. The predicted molar refractivity (Wildman–Crippen MR) is 100 cm³/mol. The molecule has 138 valence electrons. The maximum atomic E-state index is 12.2. The third kappa shape index (κ3) is 5.16. The van der Waals surface area contributed by atoms with E-state index in [2.05, 4.69) is 25.8 Å². The Bertz CT molecular complexity index is 912. The molecule has 2 N–H and O–H groups in total. The summed E-state index contributed by atoms with van der Waals surface area (Å²) in [7, 11) is 1.55. The number of nitrogens with one attached hydrogen (secondary N) is 2. The number of pyridine rings is 1. The fraction of sp³-hybridized carbons (Fsp3) is 0.167. The van der Waals surface area contributed by atoms with Crippen LogP contribution >= 0.6 is 11.3 Å². The van der Waals surface area contributed by atoms with E-state index in [4.69, 9.17) is 4.74 Å². The number of carbonyl (C=O) groups is 2. The molecule has 3 rings (SSSR count). The van der Waals surface area contributed by atoms with Gasteiger partial charge in [0.15, 0.2) is 0 Å². The van der Waals surface area contributed by atoms with E-state index in [9.17, 15) is 9.59 Å². The van der Waals surface area contributed by atoms with Gasteiger partial charge in [-0.15, -0.1) is 10.2 Å². The first-order chi connectivity index (χ1) is 13.2. The number of anilines is 1. The lowest BCUT2D eigenvalue weighted by molar-refractivity contribution is 0.0950. The van der Waals surface area contributed by atoms with E-state index in [1.165, 1.54) is 11.3 Å². The second-order valence-electron chi connectivity index (χ2n) is 5.51. The maximum Gasteiger partial charge on any atom is 0.286 e. The number of hydrogen-bond donors (Lipinski definition) is 2. The first kappa shape index (κ1) is 18.6. The molecule has 2 amide bonds. The molecule has 0 radical (unpaired) electrons. The van der Waals surface area contributed by atoms with E-state index < -0.39 is 0 Å². The molecular formula is C18H17N5O3S. The Morgan fingerprint density at radius 2 is 1.93 bits per heavy atom. The molecule has 0 aliphatic rings. The van der Waals surface area contributed by atoms with Crippen LogP contribution in [0.2, 0.25) is 0 Å². The zero-order chi connectivity index (χ0) is 19.1. The van der Waals surface area contributed by atoms with Gasteiger partial charge in [0.25, 0.3) is 11.8 Å². The molecule has 9 heteroatoms. The molecule has 0 aliphatic carbocycles. The molecule has 0 saturated carbocycles. The van der Waals surface area contributed by atoms with E-state index in [0.717, 1.165) is 5.56 Å². The van der Waals surface area contributed by atoms with Crippen molar-refractivity contribution in [3.8, 4) is 0 Å². The predicted octanol–water partition coefficient (Wildman–Crippen LogP) is 2.26. The molecule has 27 heavy (non-hydrogen) atoms. The summed E-state index contributed by atoms with van der Waals surface area (Å²) in [5, 5.41) is 14.1. The molecular weight excluding hydrogens is 366 g/mol. The van der Waals surface area contributed by atoms with Gasteiger partial charge in [-0.3, -0.25) is 14.6 Å². The minimum absolute atomic E-state index is 0.204. The van der Waals surface area contributed by atoms with Crippen molar-refractivity contribution in [2.75, 3.05) is 12.4 Å². The van der Waals surface area contributed by atoms with E-state index in [1.807, 2.05) is 12.1 Å². The molecule has 3 aromatic rings. The number of carbonyl (C=O) groups excluding carboxylic acids is 2. The summed E-state index contributed by atoms with van der Waals surface area (Å²) >= 11 is 1.17. The highest BCUT2D eigenvalue weighted by Gasteiger charge is 2.13. The molecule has 2 aromatic heterocycles. The lowest BCUT2D eigenvalue weighted by Crippen LogP contribution is -2.22. The highest BCUT2D eigenvalue weighted by Crippen LogP contribution is 2.15. The number of methoxy groups -OCH3 is 1. The summed E-state index contributed by atoms with van der Waals surface area (Å²) in [5.41, 5.74) is 1.97. The van der Waals surface area contributed by atoms with Crippen LogP contribution in [0.15, 0.2) is 48.8 Å². The number of aromatic nitrogens is 3. The van der Waals surface area contributed by atoms with Crippen LogP contribution < -0.4 is 10.6 Å². The fourth-order valence-electron chi connectivity index (χ4n) is 2.20. The van der Waals surface area contributed by atoms with Crippen molar-refractivity contribution in [1.29, 1.82) is 0 Å². The van der Waals surface area contributed by atoms with Gasteiger partial charge in [-0.05, 0) is 35.9 Å². The molecule has 0 fully saturated rings. The van der Waals surface area contributed by atoms with Gasteiger partial charge in [0.1, 0.15) is 5.01 Å². The Labute approximate surface area is 159 Å². The van der Waals surface area contributed by atoms with Crippen molar-refractivity contribution in [2.45, 2.75) is 13.2 Å². The van der Waals surface area contributed by atoms with Gasteiger partial charge in [0, 0.05) is 37.3 Å². The number of hydrogen-bond acceptors (Lipinski definition) is 7. The standard InChI is InChI=1S/C18H17N5O3S/c1-26-11-15-22-23-18(27-15)17(25)21-14-6-4-13(5-7-14)16(24)20-10-12-3-2-8-19-9-12/h2-9H,10-11H2,1H3,(H,20,24)(H,21,25). The first-order valence-electron chi connectivity index (χ1n) is 8.05. The van der Waals surface area contributed by atoms with Crippen LogP contribution in [0.4, 0.5) is 5.69 Å². The van der Waals surface area contributed by atoms with Gasteiger partial charge in [-0.1, -0.05) is 17.4 Å². The summed E-state index contributed by atoms with van der Waals surface area (Å²) in [6.07, 6.45) is 3.38. The number of amides is 2. The monoisotopic (exact) mass is 383 g/mol. The molecule has 0 unspecified atom stereocenters. The zero-order valence-corrected chi connectivity index (χ0v) is 15.3. The third-order valence-electron chi connectivity index (χ3n) is 3.51. The van der Waals surface area contributed by atoms with Crippen molar-refractivity contribution in [2.24, 2.45) is 0 Å². The molecule has 0 spiro atoms. The van der Waals surface area contributed by atoms with Crippen molar-refractivity contribution >= 4 is 28.8 Å². The summed E-state index contributed by atoms with van der Waals surface area (Å²) in [6, 6.07) is 10.3. The van der Waals surface area contributed by atoms with Crippen LogP contribution in [0.5, 0.6) is 0 Å². The number of benzene rings is 1. The van der Waals surface area contributed by atoms with Crippen molar-refractivity contribution in [3.05, 3.63) is 69.9 Å². The maximum absolute atomic E-state index is 12.2. The van der Waals surface area contributed by atoms with Crippen molar-refractivity contribution in [3.63, 3.8) is 0 Å². The average molecular weight is 383 g/mol. The van der Waals surface area contributed by atoms with Crippen LogP contribution in [-0.2, 0) is 17.9 Å². The van der Waals surface area contributed by atoms with Crippen LogP contribution in [0.1, 0.15) is 30.7 Å². The van der Waals surface area contributed by atoms with Crippen LogP contribution in [0.3, 0.4) is 0 Å². The normalized spacial score (nSPS) is 10.4. The van der Waals surface area contributed by atoms with Crippen LogP contribution in [0.25, 0.3) is 0 Å². The highest BCUT2D eigenvalue weighted by atomic mass is 32.1. The van der Waals surface area contributed by atoms with E-state index in [-0.39, 0.29) is 16.8 Å². The topological polar surface area (TPSA) is 106 Å². The smallest absolute Gasteiger partial charge is 0.286 e. The lowest BCUT2D eigenvalue weighted by Gasteiger charge is -2.07. The van der Waals surface area contributed by atoms with Crippen LogP contribution in [-0.4, -0.2) is 34.1 Å². The number of nitrogens with zero attached hydrogens (tertiary/aromatic N) is 3. The van der Waals surface area contributed by atoms with Gasteiger partial charge < -0.3 is 15.4 Å². The van der Waals surface area contributed by atoms with E-state index in [1.54, 1.807) is 43.8 Å². The fourth-order valence-corrected chi connectivity index (χ4v) is 2.91. The Kier molecular flexibility index (Phi) is 6.18. The quantitative estimate of drug-likeness (QED) is 0.648. The summed E-state index contributed by atoms with van der Waals surface area (Å²) < 4.78 is 4.96. The highest BCUT2D eigenvalue weighted by molar-refractivity contribution is 7.13. The number of ether oxygens (including phenoxy) is 1. The molecule has 0 bridgehead atoms. The van der Waals surface area contributed by atoms with E-state index >= 15 is 0 Å². The summed E-state index contributed by atoms with van der Waals surface area (Å²) in [5.74, 6) is -0.561. The van der Waals surface area contributed by atoms with E-state index in [0.29, 0.717) is 29.4 Å². The molecule has 0 atom stereocenters. The van der Waals surface area contributed by atoms with Crippen molar-refractivity contribution < 1.29 is 14.3 Å². The minimum Gasteiger partial charge on any atom is -0.377 e. The summed E-state index contributed by atoms with van der Waals surface area (Å²) in [6.45, 7) is 0.708. The Morgan fingerprint density at radius 1 is 1.11 bits per heavy atom. The SMILES string of the molecule is COCc1nnc(C(=O)Nc2ccc(C(=O)NCc3cccnc3)cc2)s1. The van der Waals surface area contributed by atoms with Crippen molar-refractivity contribution in [1.82, 2.24) is 20.5 Å². The first-order valence-corrected chi connectivity index (χ1v) is 8.87. The Morgan fingerprint density at radius 3 is 2.63 bits per heavy atom. The van der Waals surface area contributed by atoms with Gasteiger partial charge >= 0.3 is 0 Å². The molecule has 2 heterocycles. The van der Waals surface area contributed by atoms with Crippen LogP contribution in [0, 0.1) is 0 Å². The number of rotatable bonds is 7. The summed E-state index contributed by atoms with van der Waals surface area (Å²) in [4.78, 5) is 28.4. The molecule has 8 nitrogen and oxygen atoms in total. The second-order valence-corrected chi connectivity index (χ2v) is 6.57. The minimum atomic E-state index is -0.358. The second kappa shape index (κ2) is 8.97. The van der Waals surface area contributed by atoms with Gasteiger partial charge in [-0.2, -0.15) is 0 Å². The Balaban J connectivity index is 1.56. The molecule has 0 saturated heterocycles. The Hall–Kier alpha value is -3.17. The largest absolute Gasteiger partial charge is 0.377 e. The average Bonchev–Trinajstić information content (AvgIpc) is 3.17. The van der Waals surface area contributed by atoms with Gasteiger partial charge in [0.05, 0.1) is 6.61 Å².